The zero-order valence-corrected chi connectivity index (χ0v) is 21.7. The van der Waals surface area contributed by atoms with Crippen LogP contribution >= 0.6 is 19.5 Å². The summed E-state index contributed by atoms with van der Waals surface area (Å²) in [6.45, 7) is 3.22. The van der Waals surface area contributed by atoms with Crippen molar-refractivity contribution in [1.82, 2.24) is 14.6 Å². The first-order valence-electron chi connectivity index (χ1n) is 11.6. The lowest BCUT2D eigenvalue weighted by atomic mass is 10.1. The number of ether oxygens (including phenoxy) is 1. The molecule has 192 valence electrons. The van der Waals surface area contributed by atoms with Gasteiger partial charge in [0.15, 0.2) is 0 Å². The van der Waals surface area contributed by atoms with Crippen molar-refractivity contribution in [3.63, 3.8) is 0 Å². The maximum atomic E-state index is 13.7. The fourth-order valence-electron chi connectivity index (χ4n) is 3.77. The Morgan fingerprint density at radius 1 is 1.22 bits per heavy atom. The van der Waals surface area contributed by atoms with Gasteiger partial charge in [-0.1, -0.05) is 30.3 Å². The van der Waals surface area contributed by atoms with E-state index >= 15 is 0 Å². The number of nitrogen functional groups attached to an aromatic ring is 1. The number of hydrogen-bond donors (Lipinski definition) is 2. The van der Waals surface area contributed by atoms with Crippen molar-refractivity contribution in [2.45, 2.75) is 43.4 Å². The van der Waals surface area contributed by atoms with E-state index in [0.717, 1.165) is 17.2 Å². The third-order valence-electron chi connectivity index (χ3n) is 5.41. The molecule has 3 aromatic rings. The molecular weight excluding hydrogens is 503 g/mol. The molecule has 1 saturated heterocycles. The summed E-state index contributed by atoms with van der Waals surface area (Å²) in [5.41, 5.74) is 5.17. The van der Waals surface area contributed by atoms with E-state index in [1.165, 1.54) is 16.3 Å². The van der Waals surface area contributed by atoms with Gasteiger partial charge in [-0.05, 0) is 55.7 Å². The molecule has 0 saturated carbocycles. The number of carbonyl (C=O) groups is 1. The molecule has 0 bridgehead atoms. The number of hydrogen-bond acceptors (Lipinski definition) is 9. The Labute approximate surface area is 213 Å². The van der Waals surface area contributed by atoms with Crippen LogP contribution in [0, 0.1) is 0 Å². The van der Waals surface area contributed by atoms with Crippen LogP contribution in [0.25, 0.3) is 10.8 Å². The minimum atomic E-state index is -3.94. The third kappa shape index (κ3) is 6.88. The SMILES string of the molecule is CC(C)OC(=O)CNP(=O)(OC[C@@H]1CCC(n2ccc(N)nc2=O)S1)Oc1ccc2ccccc2c1. The predicted molar refractivity (Wildman–Crippen MR) is 140 cm³/mol. The molecule has 2 aromatic carbocycles. The van der Waals surface area contributed by atoms with Crippen molar-refractivity contribution in [3.8, 4) is 5.75 Å². The number of carbonyl (C=O) groups excluding carboxylic acids is 1. The van der Waals surface area contributed by atoms with Crippen molar-refractivity contribution in [2.75, 3.05) is 18.9 Å². The Hall–Kier alpha value is -2.85. The average Bonchev–Trinajstić information content (AvgIpc) is 3.30. The number of benzene rings is 2. The van der Waals surface area contributed by atoms with Gasteiger partial charge >= 0.3 is 19.4 Å². The first-order chi connectivity index (χ1) is 17.2. The van der Waals surface area contributed by atoms with Crippen LogP contribution in [0.5, 0.6) is 5.75 Å². The van der Waals surface area contributed by atoms with Crippen LogP contribution in [0.15, 0.2) is 59.5 Å². The van der Waals surface area contributed by atoms with E-state index in [0.29, 0.717) is 12.2 Å². The van der Waals surface area contributed by atoms with Crippen LogP contribution in [0.3, 0.4) is 0 Å². The van der Waals surface area contributed by atoms with Gasteiger partial charge in [-0.15, -0.1) is 11.8 Å². The molecule has 0 spiro atoms. The van der Waals surface area contributed by atoms with Gasteiger partial charge in [-0.3, -0.25) is 13.9 Å². The molecule has 0 aliphatic carbocycles. The van der Waals surface area contributed by atoms with E-state index in [-0.39, 0.29) is 35.7 Å². The maximum Gasteiger partial charge on any atom is 0.459 e. The normalized spacial score (nSPS) is 19.3. The topological polar surface area (TPSA) is 135 Å². The van der Waals surface area contributed by atoms with Gasteiger partial charge in [0.25, 0.3) is 0 Å². The van der Waals surface area contributed by atoms with Crippen LogP contribution in [0.4, 0.5) is 5.82 Å². The van der Waals surface area contributed by atoms with Gasteiger partial charge in [-0.25, -0.2) is 14.4 Å². The molecule has 1 aliphatic heterocycles. The van der Waals surface area contributed by atoms with Crippen molar-refractivity contribution < 1.29 is 23.1 Å². The summed E-state index contributed by atoms with van der Waals surface area (Å²) in [6.07, 6.45) is 2.77. The zero-order valence-electron chi connectivity index (χ0n) is 20.0. The van der Waals surface area contributed by atoms with E-state index in [4.69, 9.17) is 19.5 Å². The minimum absolute atomic E-state index is 0.0441. The second-order valence-corrected chi connectivity index (χ2v) is 11.8. The van der Waals surface area contributed by atoms with Gasteiger partial charge in [0, 0.05) is 11.4 Å². The molecule has 10 nitrogen and oxygen atoms in total. The number of thioether (sulfide) groups is 1. The first kappa shape index (κ1) is 26.2. The van der Waals surface area contributed by atoms with Crippen LogP contribution < -0.4 is 21.0 Å². The molecular formula is C24H29N4O6PS. The van der Waals surface area contributed by atoms with Crippen molar-refractivity contribution >= 4 is 42.1 Å². The Kier molecular flexibility index (Phi) is 8.35. The van der Waals surface area contributed by atoms with Gasteiger partial charge in [-0.2, -0.15) is 4.98 Å². The van der Waals surface area contributed by atoms with E-state index in [2.05, 4.69) is 10.1 Å². The Morgan fingerprint density at radius 2 is 2.00 bits per heavy atom. The van der Waals surface area contributed by atoms with Crippen LogP contribution in [-0.2, 0) is 18.6 Å². The standard InChI is InChI=1S/C24H29N4O6PS/c1-16(2)33-23(29)14-26-35(31,34-19-8-7-17-5-3-4-6-18(17)13-19)32-15-20-9-10-22(36-20)28-12-11-21(25)27-24(28)30/h3-8,11-13,16,20,22H,9-10,14-15H2,1-2H3,(H,26,31)(H2,25,27,30)/t20-,22?,35?/m0/s1. The van der Waals surface area contributed by atoms with Gasteiger partial charge < -0.3 is 15.0 Å². The summed E-state index contributed by atoms with van der Waals surface area (Å²) in [5.74, 6) is -0.0485. The summed E-state index contributed by atoms with van der Waals surface area (Å²) in [7, 11) is -3.94. The van der Waals surface area contributed by atoms with E-state index in [9.17, 15) is 14.2 Å². The van der Waals surface area contributed by atoms with E-state index in [1.54, 1.807) is 38.2 Å². The number of fused-ring (bicyclic) bond motifs is 1. The summed E-state index contributed by atoms with van der Waals surface area (Å²) in [6, 6.07) is 14.6. The Morgan fingerprint density at radius 3 is 2.75 bits per heavy atom. The highest BCUT2D eigenvalue weighted by molar-refractivity contribution is 8.00. The number of aromatic nitrogens is 2. The second kappa shape index (κ2) is 11.5. The fraction of sp³-hybridized carbons (Fsp3) is 0.375. The second-order valence-electron chi connectivity index (χ2n) is 8.60. The van der Waals surface area contributed by atoms with Crippen molar-refractivity contribution in [2.24, 2.45) is 0 Å². The average molecular weight is 533 g/mol. The molecule has 12 heteroatoms. The number of nitrogens with two attached hydrogens (primary N) is 1. The largest absolute Gasteiger partial charge is 0.462 e. The molecule has 3 atom stereocenters. The van der Waals surface area contributed by atoms with Crippen LogP contribution in [-0.4, -0.2) is 40.0 Å². The van der Waals surface area contributed by atoms with Gasteiger partial charge in [0.1, 0.15) is 18.1 Å². The number of nitrogens with one attached hydrogen (secondary N) is 1. The van der Waals surface area contributed by atoms with Gasteiger partial charge in [0.2, 0.25) is 0 Å². The molecule has 1 aliphatic rings. The predicted octanol–water partition coefficient (Wildman–Crippen LogP) is 4.12. The highest BCUT2D eigenvalue weighted by atomic mass is 32.2. The number of rotatable bonds is 10. The molecule has 0 amide bonds. The van der Waals surface area contributed by atoms with Gasteiger partial charge in [0.05, 0.1) is 18.1 Å². The zero-order chi connectivity index (χ0) is 25.7. The molecule has 0 radical (unpaired) electrons. The highest BCUT2D eigenvalue weighted by Crippen LogP contribution is 2.48. The molecule has 2 heterocycles. The molecule has 1 fully saturated rings. The maximum absolute atomic E-state index is 13.7. The number of nitrogens with zero attached hydrogens (tertiary/aromatic N) is 2. The van der Waals surface area contributed by atoms with Crippen molar-refractivity contribution in [1.29, 1.82) is 0 Å². The minimum Gasteiger partial charge on any atom is -0.462 e. The lowest BCUT2D eigenvalue weighted by Crippen LogP contribution is -2.28. The van der Waals surface area contributed by atoms with E-state index in [1.807, 2.05) is 30.3 Å². The summed E-state index contributed by atoms with van der Waals surface area (Å²) in [5, 5.41) is 4.38. The smallest absolute Gasteiger partial charge is 0.459 e. The lowest BCUT2D eigenvalue weighted by Gasteiger charge is -2.22. The molecule has 4 rings (SSSR count). The summed E-state index contributed by atoms with van der Waals surface area (Å²) in [4.78, 5) is 28.0. The number of esters is 1. The van der Waals surface area contributed by atoms with E-state index < -0.39 is 19.4 Å². The highest BCUT2D eigenvalue weighted by Gasteiger charge is 2.33. The summed E-state index contributed by atoms with van der Waals surface area (Å²) >= 11 is 1.53. The first-order valence-corrected chi connectivity index (χ1v) is 14.1. The quantitative estimate of drug-likeness (QED) is 0.290. The number of anilines is 1. The molecule has 36 heavy (non-hydrogen) atoms. The third-order valence-corrected chi connectivity index (χ3v) is 8.43. The summed E-state index contributed by atoms with van der Waals surface area (Å²) < 4.78 is 31.9. The van der Waals surface area contributed by atoms with Crippen molar-refractivity contribution in [3.05, 3.63) is 65.2 Å². The molecule has 3 N–H and O–H groups in total. The van der Waals surface area contributed by atoms with Crippen LogP contribution in [0.2, 0.25) is 0 Å². The molecule has 2 unspecified atom stereocenters. The molecule has 1 aromatic heterocycles. The van der Waals surface area contributed by atoms with Crippen LogP contribution in [0.1, 0.15) is 32.1 Å². The fourth-order valence-corrected chi connectivity index (χ4v) is 6.60. The lowest BCUT2D eigenvalue weighted by molar-refractivity contribution is -0.145. The monoisotopic (exact) mass is 532 g/mol. The Bertz CT molecular complexity index is 1330. The Balaban J connectivity index is 1.44.